The quantitative estimate of drug-likeness (QED) is 0.700. The second-order valence-electron chi connectivity index (χ2n) is 3.68. The summed E-state index contributed by atoms with van der Waals surface area (Å²) in [7, 11) is -2.97. The minimum Gasteiger partial charge on any atom is -0.448 e. The van der Waals surface area contributed by atoms with E-state index in [4.69, 9.17) is 4.42 Å². The van der Waals surface area contributed by atoms with Crippen molar-refractivity contribution in [1.82, 2.24) is 4.98 Å². The van der Waals surface area contributed by atoms with Gasteiger partial charge < -0.3 is 4.42 Å². The Labute approximate surface area is 87.4 Å². The minimum atomic E-state index is -2.97. The van der Waals surface area contributed by atoms with Crippen LogP contribution < -0.4 is 0 Å². The Balaban J connectivity index is 2.20. The fourth-order valence-corrected chi connectivity index (χ4v) is 3.46. The molecule has 2 rings (SSSR count). The minimum absolute atomic E-state index is 0.0752. The Morgan fingerprint density at radius 3 is 2.93 bits per heavy atom. The first-order valence-electron chi connectivity index (χ1n) is 4.72. The maximum Gasteiger partial charge on any atom is 0.198 e. The van der Waals surface area contributed by atoms with Crippen molar-refractivity contribution in [2.24, 2.45) is 0 Å². The third kappa shape index (κ3) is 2.26. The lowest BCUT2D eigenvalue weighted by Crippen LogP contribution is -2.23. The molecule has 82 valence electrons. The van der Waals surface area contributed by atoms with Crippen LogP contribution in [0.4, 0.5) is 0 Å². The SMILES string of the molecule is O=Cc1coc(C2CCCS(=O)(=O)C2)n1. The highest BCUT2D eigenvalue weighted by atomic mass is 32.2. The van der Waals surface area contributed by atoms with Crippen LogP contribution in [-0.4, -0.2) is 31.2 Å². The summed E-state index contributed by atoms with van der Waals surface area (Å²) in [5.41, 5.74) is 0.216. The summed E-state index contributed by atoms with van der Waals surface area (Å²) in [6, 6.07) is 0. The van der Waals surface area contributed by atoms with Gasteiger partial charge in [0.25, 0.3) is 0 Å². The largest absolute Gasteiger partial charge is 0.448 e. The lowest BCUT2D eigenvalue weighted by Gasteiger charge is -2.18. The highest BCUT2D eigenvalue weighted by Crippen LogP contribution is 2.27. The van der Waals surface area contributed by atoms with E-state index in [0.717, 1.165) is 6.42 Å². The summed E-state index contributed by atoms with van der Waals surface area (Å²) in [6.07, 6.45) is 3.22. The molecule has 0 radical (unpaired) electrons. The molecule has 0 aromatic carbocycles. The van der Waals surface area contributed by atoms with Gasteiger partial charge in [-0.1, -0.05) is 0 Å². The van der Waals surface area contributed by atoms with E-state index in [0.29, 0.717) is 18.6 Å². The Morgan fingerprint density at radius 1 is 1.53 bits per heavy atom. The molecule has 2 heterocycles. The van der Waals surface area contributed by atoms with E-state index in [9.17, 15) is 13.2 Å². The van der Waals surface area contributed by atoms with Crippen molar-refractivity contribution in [2.45, 2.75) is 18.8 Å². The van der Waals surface area contributed by atoms with Gasteiger partial charge in [-0.2, -0.15) is 0 Å². The fraction of sp³-hybridized carbons (Fsp3) is 0.556. The molecule has 6 heteroatoms. The van der Waals surface area contributed by atoms with Crippen LogP contribution in [0.1, 0.15) is 35.1 Å². The van der Waals surface area contributed by atoms with E-state index in [2.05, 4.69) is 4.98 Å². The van der Waals surface area contributed by atoms with E-state index < -0.39 is 9.84 Å². The van der Waals surface area contributed by atoms with Crippen molar-refractivity contribution in [3.8, 4) is 0 Å². The first-order chi connectivity index (χ1) is 7.11. The zero-order valence-electron chi connectivity index (χ0n) is 8.05. The number of carbonyl (C=O) groups excluding carboxylic acids is 1. The van der Waals surface area contributed by atoms with Gasteiger partial charge in [-0.25, -0.2) is 13.4 Å². The molecule has 0 amide bonds. The summed E-state index contributed by atoms with van der Waals surface area (Å²) in [5, 5.41) is 0. The second-order valence-corrected chi connectivity index (χ2v) is 5.91. The van der Waals surface area contributed by atoms with Crippen LogP contribution in [0, 0.1) is 0 Å². The van der Waals surface area contributed by atoms with E-state index in [1.807, 2.05) is 0 Å². The second kappa shape index (κ2) is 3.77. The maximum absolute atomic E-state index is 11.4. The Hall–Kier alpha value is -1.17. The summed E-state index contributed by atoms with van der Waals surface area (Å²) in [5.74, 6) is 0.481. The highest BCUT2D eigenvalue weighted by Gasteiger charge is 2.29. The van der Waals surface area contributed by atoms with Gasteiger partial charge in [0.1, 0.15) is 12.0 Å². The maximum atomic E-state index is 11.4. The predicted molar refractivity (Wildman–Crippen MR) is 52.5 cm³/mol. The van der Waals surface area contributed by atoms with E-state index in [-0.39, 0.29) is 23.1 Å². The van der Waals surface area contributed by atoms with Crippen molar-refractivity contribution >= 4 is 16.1 Å². The average molecular weight is 229 g/mol. The first kappa shape index (κ1) is 10.4. The number of hydrogen-bond donors (Lipinski definition) is 0. The molecule has 1 fully saturated rings. The van der Waals surface area contributed by atoms with Crippen molar-refractivity contribution in [3.63, 3.8) is 0 Å². The van der Waals surface area contributed by atoms with Crippen LogP contribution in [0.25, 0.3) is 0 Å². The molecule has 1 atom stereocenters. The van der Waals surface area contributed by atoms with Crippen molar-refractivity contribution in [2.75, 3.05) is 11.5 Å². The van der Waals surface area contributed by atoms with Crippen LogP contribution >= 0.6 is 0 Å². The monoisotopic (exact) mass is 229 g/mol. The number of nitrogens with zero attached hydrogens (tertiary/aromatic N) is 1. The molecule has 1 unspecified atom stereocenters. The zero-order chi connectivity index (χ0) is 10.9. The number of sulfone groups is 1. The number of aldehydes is 1. The van der Waals surface area contributed by atoms with E-state index in [1.165, 1.54) is 6.26 Å². The van der Waals surface area contributed by atoms with Crippen LogP contribution in [0.3, 0.4) is 0 Å². The summed E-state index contributed by atoms with van der Waals surface area (Å²) in [4.78, 5) is 14.3. The van der Waals surface area contributed by atoms with Gasteiger partial charge >= 0.3 is 0 Å². The molecule has 0 aliphatic carbocycles. The smallest absolute Gasteiger partial charge is 0.198 e. The van der Waals surface area contributed by atoms with E-state index in [1.54, 1.807) is 0 Å². The molecule has 0 bridgehead atoms. The van der Waals surface area contributed by atoms with Crippen LogP contribution in [0.15, 0.2) is 10.7 Å². The average Bonchev–Trinajstić information content (AvgIpc) is 2.64. The number of rotatable bonds is 2. The number of hydrogen-bond acceptors (Lipinski definition) is 5. The van der Waals surface area contributed by atoms with Crippen molar-refractivity contribution < 1.29 is 17.6 Å². The zero-order valence-corrected chi connectivity index (χ0v) is 8.87. The Kier molecular flexibility index (Phi) is 2.60. The van der Waals surface area contributed by atoms with Gasteiger partial charge in [0.15, 0.2) is 22.0 Å². The summed E-state index contributed by atoms with van der Waals surface area (Å²) in [6.45, 7) is 0. The van der Waals surface area contributed by atoms with Crippen LogP contribution in [-0.2, 0) is 9.84 Å². The van der Waals surface area contributed by atoms with Gasteiger partial charge in [-0.3, -0.25) is 4.79 Å². The lowest BCUT2D eigenvalue weighted by atomic mass is 10.1. The van der Waals surface area contributed by atoms with Crippen LogP contribution in [0.2, 0.25) is 0 Å². The third-order valence-corrected chi connectivity index (χ3v) is 4.29. The normalized spacial score (nSPS) is 24.9. The predicted octanol–water partition coefficient (Wildman–Crippen LogP) is 0.779. The molecule has 1 aromatic rings. The number of oxazole rings is 1. The first-order valence-corrected chi connectivity index (χ1v) is 6.54. The standard InChI is InChI=1S/C9H11NO4S/c11-4-8-5-14-9(10-8)7-2-1-3-15(12,13)6-7/h4-5,7H,1-3,6H2. The summed E-state index contributed by atoms with van der Waals surface area (Å²) < 4.78 is 27.8. The molecule has 5 nitrogen and oxygen atoms in total. The molecule has 1 saturated heterocycles. The molecule has 15 heavy (non-hydrogen) atoms. The van der Waals surface area contributed by atoms with Crippen molar-refractivity contribution in [3.05, 3.63) is 17.8 Å². The fourth-order valence-electron chi connectivity index (χ4n) is 1.76. The molecule has 0 N–H and O–H groups in total. The molecule has 1 aliphatic heterocycles. The third-order valence-electron chi connectivity index (χ3n) is 2.47. The molecule has 1 aromatic heterocycles. The van der Waals surface area contributed by atoms with Gasteiger partial charge in [0.2, 0.25) is 0 Å². The van der Waals surface area contributed by atoms with Gasteiger partial charge in [-0.05, 0) is 12.8 Å². The van der Waals surface area contributed by atoms with Gasteiger partial charge in [-0.15, -0.1) is 0 Å². The molecule has 0 spiro atoms. The van der Waals surface area contributed by atoms with E-state index >= 15 is 0 Å². The Bertz CT molecular complexity index is 462. The summed E-state index contributed by atoms with van der Waals surface area (Å²) >= 11 is 0. The van der Waals surface area contributed by atoms with Gasteiger partial charge in [0.05, 0.1) is 11.5 Å². The van der Waals surface area contributed by atoms with Gasteiger partial charge in [0, 0.05) is 5.92 Å². The molecular weight excluding hydrogens is 218 g/mol. The molecule has 1 aliphatic rings. The van der Waals surface area contributed by atoms with Crippen LogP contribution in [0.5, 0.6) is 0 Å². The Morgan fingerprint density at radius 2 is 2.33 bits per heavy atom. The lowest BCUT2D eigenvalue weighted by molar-refractivity contribution is 0.111. The number of aromatic nitrogens is 1. The topological polar surface area (TPSA) is 77.2 Å². The van der Waals surface area contributed by atoms with Crippen molar-refractivity contribution in [1.29, 1.82) is 0 Å². The number of carbonyl (C=O) groups is 1. The molecule has 0 saturated carbocycles. The highest BCUT2D eigenvalue weighted by molar-refractivity contribution is 7.91. The molecular formula is C9H11NO4S.